The van der Waals surface area contributed by atoms with Crippen LogP contribution in [0.15, 0.2) is 23.8 Å². The number of allylic oxidation sites excluding steroid dienone is 3. The molecule has 2 unspecified atom stereocenters. The highest BCUT2D eigenvalue weighted by molar-refractivity contribution is 5.25. The van der Waals surface area contributed by atoms with Crippen LogP contribution in [0.2, 0.25) is 0 Å². The van der Waals surface area contributed by atoms with E-state index in [1.807, 2.05) is 0 Å². The summed E-state index contributed by atoms with van der Waals surface area (Å²) in [4.78, 5) is 0. The van der Waals surface area contributed by atoms with E-state index in [1.54, 1.807) is 5.57 Å². The van der Waals surface area contributed by atoms with E-state index in [9.17, 15) is 0 Å². The topological polar surface area (TPSA) is 26.0 Å². The Kier molecular flexibility index (Phi) is 1.38. The minimum absolute atomic E-state index is 0.484. The van der Waals surface area contributed by atoms with Gasteiger partial charge in [-0.15, -0.1) is 0 Å². The molecule has 1 saturated carbocycles. The molecule has 2 aliphatic rings. The highest BCUT2D eigenvalue weighted by atomic mass is 14.7. The fraction of sp³-hybridized carbons (Fsp3) is 0.556. The molecule has 0 aromatic heterocycles. The average Bonchev–Trinajstić information content (AvgIpc) is 2.69. The van der Waals surface area contributed by atoms with E-state index in [-0.39, 0.29) is 0 Å². The summed E-state index contributed by atoms with van der Waals surface area (Å²) in [6, 6.07) is 0.484. The Morgan fingerprint density at radius 2 is 2.30 bits per heavy atom. The minimum Gasteiger partial charge on any atom is -0.327 e. The number of nitrogens with two attached hydrogens (primary N) is 1. The molecular weight excluding hydrogens is 122 g/mol. The predicted octanol–water partition coefficient (Wildman–Crippen LogP) is 1.61. The molecule has 0 aromatic carbocycles. The van der Waals surface area contributed by atoms with Gasteiger partial charge in [0.2, 0.25) is 0 Å². The summed E-state index contributed by atoms with van der Waals surface area (Å²) in [5.41, 5.74) is 7.31. The van der Waals surface area contributed by atoms with Gasteiger partial charge in [-0.25, -0.2) is 0 Å². The summed E-state index contributed by atoms with van der Waals surface area (Å²) < 4.78 is 0. The Balaban J connectivity index is 2.04. The second-order valence-electron chi connectivity index (χ2n) is 3.21. The van der Waals surface area contributed by atoms with E-state index in [0.717, 1.165) is 5.92 Å². The van der Waals surface area contributed by atoms with Gasteiger partial charge in [-0.05, 0) is 25.2 Å². The van der Waals surface area contributed by atoms with E-state index in [1.165, 1.54) is 19.3 Å². The van der Waals surface area contributed by atoms with Crippen LogP contribution in [0.25, 0.3) is 0 Å². The lowest BCUT2D eigenvalue weighted by molar-refractivity contribution is 0.818. The quantitative estimate of drug-likeness (QED) is 0.580. The number of hydrogen-bond acceptors (Lipinski definition) is 1. The van der Waals surface area contributed by atoms with Gasteiger partial charge >= 0.3 is 0 Å². The summed E-state index contributed by atoms with van der Waals surface area (Å²) >= 11 is 0. The maximum atomic E-state index is 5.73. The van der Waals surface area contributed by atoms with Crippen molar-refractivity contribution >= 4 is 0 Å². The molecule has 1 fully saturated rings. The third kappa shape index (κ3) is 1.01. The molecule has 1 nitrogen and oxygen atoms in total. The molecule has 10 heavy (non-hydrogen) atoms. The highest BCUT2D eigenvalue weighted by Crippen LogP contribution is 2.38. The first-order valence-electron chi connectivity index (χ1n) is 3.99. The lowest BCUT2D eigenvalue weighted by Crippen LogP contribution is -2.04. The monoisotopic (exact) mass is 135 g/mol. The van der Waals surface area contributed by atoms with E-state index < -0.39 is 0 Å². The van der Waals surface area contributed by atoms with Crippen LogP contribution in [0.3, 0.4) is 0 Å². The molecule has 0 bridgehead atoms. The lowest BCUT2D eigenvalue weighted by atomic mass is 10.0. The Bertz CT molecular complexity index is 191. The zero-order chi connectivity index (χ0) is 6.97. The molecule has 0 radical (unpaired) electrons. The maximum Gasteiger partial charge on any atom is 0.0112 e. The first-order valence-corrected chi connectivity index (χ1v) is 3.99. The van der Waals surface area contributed by atoms with Gasteiger partial charge in [0, 0.05) is 6.04 Å². The zero-order valence-corrected chi connectivity index (χ0v) is 6.09. The van der Waals surface area contributed by atoms with Crippen molar-refractivity contribution in [2.75, 3.05) is 0 Å². The van der Waals surface area contributed by atoms with Crippen molar-refractivity contribution < 1.29 is 0 Å². The van der Waals surface area contributed by atoms with Gasteiger partial charge in [0.05, 0.1) is 0 Å². The lowest BCUT2D eigenvalue weighted by Gasteiger charge is -2.06. The molecular formula is C9H13N. The molecule has 1 heteroatoms. The van der Waals surface area contributed by atoms with Crippen LogP contribution in [-0.4, -0.2) is 6.04 Å². The van der Waals surface area contributed by atoms with E-state index in [0.29, 0.717) is 6.04 Å². The van der Waals surface area contributed by atoms with Crippen LogP contribution < -0.4 is 5.73 Å². The second kappa shape index (κ2) is 2.24. The van der Waals surface area contributed by atoms with Crippen LogP contribution in [0.4, 0.5) is 0 Å². The van der Waals surface area contributed by atoms with Gasteiger partial charge in [-0.1, -0.05) is 23.8 Å². The molecule has 0 spiro atoms. The Morgan fingerprint density at radius 1 is 1.50 bits per heavy atom. The zero-order valence-electron chi connectivity index (χ0n) is 6.09. The first kappa shape index (κ1) is 6.17. The third-order valence-corrected chi connectivity index (χ3v) is 2.36. The summed E-state index contributed by atoms with van der Waals surface area (Å²) in [5.74, 6) is 0.741. The van der Waals surface area contributed by atoms with Crippen molar-refractivity contribution in [2.45, 2.75) is 25.3 Å². The summed E-state index contributed by atoms with van der Waals surface area (Å²) in [7, 11) is 0. The normalized spacial score (nSPS) is 37.5. The molecule has 0 aliphatic heterocycles. The molecule has 2 N–H and O–H groups in total. The van der Waals surface area contributed by atoms with Crippen molar-refractivity contribution in [1.29, 1.82) is 0 Å². The van der Waals surface area contributed by atoms with Crippen LogP contribution in [0, 0.1) is 5.92 Å². The summed E-state index contributed by atoms with van der Waals surface area (Å²) in [6.07, 6.45) is 10.3. The maximum absolute atomic E-state index is 5.73. The molecule has 54 valence electrons. The Labute approximate surface area is 61.6 Å². The SMILES string of the molecule is NC1CC1C1=CC=CCC1. The molecule has 0 heterocycles. The van der Waals surface area contributed by atoms with Crippen molar-refractivity contribution in [3.63, 3.8) is 0 Å². The molecule has 0 saturated heterocycles. The van der Waals surface area contributed by atoms with Gasteiger partial charge in [0.15, 0.2) is 0 Å². The van der Waals surface area contributed by atoms with E-state index >= 15 is 0 Å². The third-order valence-electron chi connectivity index (χ3n) is 2.36. The van der Waals surface area contributed by atoms with Gasteiger partial charge in [-0.2, -0.15) is 0 Å². The van der Waals surface area contributed by atoms with Crippen LogP contribution >= 0.6 is 0 Å². The Hall–Kier alpha value is -0.560. The number of hydrogen-bond donors (Lipinski definition) is 1. The molecule has 2 rings (SSSR count). The standard InChI is InChI=1S/C9H13N/c10-9-6-8(9)7-4-2-1-3-5-7/h1-2,4,8-9H,3,5-6,10H2. The van der Waals surface area contributed by atoms with Crippen molar-refractivity contribution in [2.24, 2.45) is 11.7 Å². The average molecular weight is 135 g/mol. The first-order chi connectivity index (χ1) is 4.88. The smallest absolute Gasteiger partial charge is 0.0112 e. The largest absolute Gasteiger partial charge is 0.327 e. The van der Waals surface area contributed by atoms with Gasteiger partial charge in [0.25, 0.3) is 0 Å². The van der Waals surface area contributed by atoms with E-state index in [4.69, 9.17) is 5.73 Å². The van der Waals surface area contributed by atoms with Crippen molar-refractivity contribution in [3.8, 4) is 0 Å². The van der Waals surface area contributed by atoms with Gasteiger partial charge < -0.3 is 5.73 Å². The van der Waals surface area contributed by atoms with E-state index in [2.05, 4.69) is 18.2 Å². The van der Waals surface area contributed by atoms with Crippen molar-refractivity contribution in [1.82, 2.24) is 0 Å². The number of rotatable bonds is 1. The van der Waals surface area contributed by atoms with Gasteiger partial charge in [0.1, 0.15) is 0 Å². The minimum atomic E-state index is 0.484. The second-order valence-corrected chi connectivity index (χ2v) is 3.21. The van der Waals surface area contributed by atoms with Crippen LogP contribution in [0.1, 0.15) is 19.3 Å². The van der Waals surface area contributed by atoms with Crippen molar-refractivity contribution in [3.05, 3.63) is 23.8 Å². The fourth-order valence-electron chi connectivity index (χ4n) is 1.57. The molecule has 0 amide bonds. The van der Waals surface area contributed by atoms with Crippen LogP contribution in [0.5, 0.6) is 0 Å². The summed E-state index contributed by atoms with van der Waals surface area (Å²) in [5, 5.41) is 0. The fourth-order valence-corrected chi connectivity index (χ4v) is 1.57. The highest BCUT2D eigenvalue weighted by Gasteiger charge is 2.35. The van der Waals surface area contributed by atoms with Crippen LogP contribution in [-0.2, 0) is 0 Å². The predicted molar refractivity (Wildman–Crippen MR) is 42.5 cm³/mol. The molecule has 2 atom stereocenters. The summed E-state index contributed by atoms with van der Waals surface area (Å²) in [6.45, 7) is 0. The molecule has 0 aromatic rings. The van der Waals surface area contributed by atoms with Gasteiger partial charge in [-0.3, -0.25) is 0 Å². The Morgan fingerprint density at radius 3 is 2.80 bits per heavy atom. The molecule has 2 aliphatic carbocycles.